The van der Waals surface area contributed by atoms with Crippen LogP contribution in [0, 0.1) is 0 Å². The van der Waals surface area contributed by atoms with Gasteiger partial charge in [-0.2, -0.15) is 0 Å². The van der Waals surface area contributed by atoms with Crippen LogP contribution in [-0.4, -0.2) is 25.3 Å². The summed E-state index contributed by atoms with van der Waals surface area (Å²) >= 11 is 3.50. The standard InChI is InChI=1S/C16H16BrNO5/c1-3-21-16(20)15-8(2)18-14(19)5-10(15)9-4-12-13(6-11(9)17)23-7-22-12/h4,6,10H,3,5,7H2,1-2H3,(H,18,19)/t10-/m0/s1. The highest BCUT2D eigenvalue weighted by atomic mass is 79.9. The van der Waals surface area contributed by atoms with Crippen molar-refractivity contribution in [3.05, 3.63) is 33.4 Å². The molecule has 2 aliphatic heterocycles. The highest BCUT2D eigenvalue weighted by molar-refractivity contribution is 9.10. The fraction of sp³-hybridized carbons (Fsp3) is 0.375. The number of hydrogen-bond donors (Lipinski definition) is 1. The predicted octanol–water partition coefficient (Wildman–Crippen LogP) is 2.62. The Kier molecular flexibility index (Phi) is 4.30. The van der Waals surface area contributed by atoms with Crippen LogP contribution in [-0.2, 0) is 14.3 Å². The van der Waals surface area contributed by atoms with Gasteiger partial charge in [0.25, 0.3) is 0 Å². The number of nitrogens with one attached hydrogen (secondary N) is 1. The maximum absolute atomic E-state index is 12.3. The van der Waals surface area contributed by atoms with E-state index in [0.29, 0.717) is 22.8 Å². The fourth-order valence-corrected chi connectivity index (χ4v) is 3.44. The second-order valence-corrected chi connectivity index (χ2v) is 6.15. The Morgan fingerprint density at radius 2 is 2.09 bits per heavy atom. The molecule has 3 rings (SSSR count). The molecule has 0 aromatic heterocycles. The van der Waals surface area contributed by atoms with Crippen LogP contribution in [0.15, 0.2) is 27.9 Å². The third-order valence-electron chi connectivity index (χ3n) is 3.83. The summed E-state index contributed by atoms with van der Waals surface area (Å²) in [6, 6.07) is 3.60. The molecule has 2 heterocycles. The number of esters is 1. The Bertz CT molecular complexity index is 713. The van der Waals surface area contributed by atoms with Crippen LogP contribution in [0.2, 0.25) is 0 Å². The molecule has 0 saturated carbocycles. The molecule has 122 valence electrons. The van der Waals surface area contributed by atoms with Crippen LogP contribution in [0.4, 0.5) is 0 Å². The lowest BCUT2D eigenvalue weighted by molar-refractivity contribution is -0.139. The molecule has 2 aliphatic rings. The largest absolute Gasteiger partial charge is 0.463 e. The zero-order valence-electron chi connectivity index (χ0n) is 12.8. The minimum absolute atomic E-state index is 0.134. The summed E-state index contributed by atoms with van der Waals surface area (Å²) in [7, 11) is 0. The zero-order valence-corrected chi connectivity index (χ0v) is 14.4. The van der Waals surface area contributed by atoms with Crippen molar-refractivity contribution in [1.29, 1.82) is 0 Å². The lowest BCUT2D eigenvalue weighted by Gasteiger charge is -2.27. The number of allylic oxidation sites excluding steroid dienone is 1. The normalized spacial score (nSPS) is 19.6. The fourth-order valence-electron chi connectivity index (χ4n) is 2.85. The van der Waals surface area contributed by atoms with E-state index in [1.807, 2.05) is 6.07 Å². The Hall–Kier alpha value is -2.02. The van der Waals surface area contributed by atoms with E-state index < -0.39 is 11.9 Å². The molecule has 1 atom stereocenters. The smallest absolute Gasteiger partial charge is 0.336 e. The molecule has 1 amide bonds. The quantitative estimate of drug-likeness (QED) is 0.814. The second-order valence-electron chi connectivity index (χ2n) is 5.29. The summed E-state index contributed by atoms with van der Waals surface area (Å²) in [4.78, 5) is 24.3. The van der Waals surface area contributed by atoms with Crippen molar-refractivity contribution in [3.8, 4) is 11.5 Å². The molecule has 1 aromatic rings. The van der Waals surface area contributed by atoms with Crippen LogP contribution in [0.25, 0.3) is 0 Å². The number of carbonyl (C=O) groups excluding carboxylic acids is 2. The summed E-state index contributed by atoms with van der Waals surface area (Å²) in [6.45, 7) is 3.90. The molecule has 0 saturated heterocycles. The van der Waals surface area contributed by atoms with Crippen molar-refractivity contribution in [2.75, 3.05) is 13.4 Å². The Balaban J connectivity index is 2.07. The Labute approximate surface area is 141 Å². The average Bonchev–Trinajstić information content (AvgIpc) is 2.92. The number of amides is 1. The maximum atomic E-state index is 12.3. The van der Waals surface area contributed by atoms with Gasteiger partial charge < -0.3 is 19.5 Å². The van der Waals surface area contributed by atoms with Gasteiger partial charge in [0.15, 0.2) is 11.5 Å². The van der Waals surface area contributed by atoms with Crippen molar-refractivity contribution >= 4 is 27.8 Å². The van der Waals surface area contributed by atoms with Gasteiger partial charge in [-0.25, -0.2) is 4.79 Å². The van der Waals surface area contributed by atoms with E-state index in [4.69, 9.17) is 14.2 Å². The van der Waals surface area contributed by atoms with Gasteiger partial charge >= 0.3 is 5.97 Å². The molecule has 0 fully saturated rings. The molecule has 0 radical (unpaired) electrons. The number of halogens is 1. The van der Waals surface area contributed by atoms with E-state index in [0.717, 1.165) is 10.0 Å². The minimum Gasteiger partial charge on any atom is -0.463 e. The molecular weight excluding hydrogens is 366 g/mol. The molecule has 1 N–H and O–H groups in total. The van der Waals surface area contributed by atoms with Crippen LogP contribution >= 0.6 is 15.9 Å². The Morgan fingerprint density at radius 1 is 1.39 bits per heavy atom. The minimum atomic E-state index is -0.417. The van der Waals surface area contributed by atoms with Crippen LogP contribution < -0.4 is 14.8 Å². The number of hydrogen-bond acceptors (Lipinski definition) is 5. The van der Waals surface area contributed by atoms with Gasteiger partial charge in [-0.1, -0.05) is 15.9 Å². The number of rotatable bonds is 3. The van der Waals surface area contributed by atoms with Crippen molar-refractivity contribution in [3.63, 3.8) is 0 Å². The highest BCUT2D eigenvalue weighted by Crippen LogP contribution is 2.43. The SMILES string of the molecule is CCOC(=O)C1=C(C)NC(=O)C[C@H]1c1cc2c(cc1Br)OCO2. The van der Waals surface area contributed by atoms with Crippen molar-refractivity contribution in [1.82, 2.24) is 5.32 Å². The molecule has 7 heteroatoms. The second kappa shape index (κ2) is 6.23. The number of carbonyl (C=O) groups is 2. The van der Waals surface area contributed by atoms with Crippen molar-refractivity contribution in [2.24, 2.45) is 0 Å². The van der Waals surface area contributed by atoms with Crippen LogP contribution in [0.3, 0.4) is 0 Å². The van der Waals surface area contributed by atoms with Gasteiger partial charge in [0.1, 0.15) is 0 Å². The molecule has 23 heavy (non-hydrogen) atoms. The van der Waals surface area contributed by atoms with E-state index in [1.54, 1.807) is 19.9 Å². The van der Waals surface area contributed by atoms with E-state index in [1.165, 1.54) is 0 Å². The molecule has 0 unspecified atom stereocenters. The first kappa shape index (κ1) is 15.9. The van der Waals surface area contributed by atoms with Gasteiger partial charge in [-0.3, -0.25) is 4.79 Å². The average molecular weight is 382 g/mol. The highest BCUT2D eigenvalue weighted by Gasteiger charge is 2.34. The maximum Gasteiger partial charge on any atom is 0.336 e. The summed E-state index contributed by atoms with van der Waals surface area (Å²) < 4.78 is 16.7. The first-order valence-corrected chi connectivity index (χ1v) is 8.07. The molecule has 0 aliphatic carbocycles. The van der Waals surface area contributed by atoms with E-state index >= 15 is 0 Å². The van der Waals surface area contributed by atoms with Gasteiger partial charge in [-0.15, -0.1) is 0 Å². The third-order valence-corrected chi connectivity index (χ3v) is 4.52. The third kappa shape index (κ3) is 2.93. The monoisotopic (exact) mass is 381 g/mol. The lowest BCUT2D eigenvalue weighted by Crippen LogP contribution is -2.34. The summed E-state index contributed by atoms with van der Waals surface area (Å²) in [5, 5.41) is 2.71. The van der Waals surface area contributed by atoms with Gasteiger partial charge in [0, 0.05) is 22.5 Å². The number of benzene rings is 1. The zero-order chi connectivity index (χ0) is 16.6. The first-order valence-electron chi connectivity index (χ1n) is 7.28. The van der Waals surface area contributed by atoms with E-state index in [9.17, 15) is 9.59 Å². The lowest BCUT2D eigenvalue weighted by atomic mass is 9.84. The Morgan fingerprint density at radius 3 is 2.78 bits per heavy atom. The molecule has 0 bridgehead atoms. The molecule has 0 spiro atoms. The first-order chi connectivity index (χ1) is 11.0. The van der Waals surface area contributed by atoms with E-state index in [2.05, 4.69) is 21.2 Å². The summed E-state index contributed by atoms with van der Waals surface area (Å²) in [6.07, 6.45) is 0.170. The molecule has 1 aromatic carbocycles. The number of fused-ring (bicyclic) bond motifs is 1. The van der Waals surface area contributed by atoms with Gasteiger partial charge in [0.2, 0.25) is 12.7 Å². The van der Waals surface area contributed by atoms with Crippen molar-refractivity contribution < 1.29 is 23.8 Å². The molecule has 6 nitrogen and oxygen atoms in total. The number of ether oxygens (including phenoxy) is 3. The van der Waals surface area contributed by atoms with Gasteiger partial charge in [0.05, 0.1) is 12.2 Å². The van der Waals surface area contributed by atoms with Crippen LogP contribution in [0.1, 0.15) is 31.7 Å². The van der Waals surface area contributed by atoms with Crippen molar-refractivity contribution in [2.45, 2.75) is 26.2 Å². The van der Waals surface area contributed by atoms with Gasteiger partial charge in [-0.05, 0) is 31.5 Å². The molecular formula is C16H16BrNO5. The topological polar surface area (TPSA) is 73.9 Å². The summed E-state index contributed by atoms with van der Waals surface area (Å²) in [5.41, 5.74) is 1.78. The van der Waals surface area contributed by atoms with E-state index in [-0.39, 0.29) is 25.7 Å². The van der Waals surface area contributed by atoms with Crippen LogP contribution in [0.5, 0.6) is 11.5 Å². The summed E-state index contributed by atoms with van der Waals surface area (Å²) in [5.74, 6) is 0.297. The predicted molar refractivity (Wildman–Crippen MR) is 85.1 cm³/mol.